The summed E-state index contributed by atoms with van der Waals surface area (Å²) in [4.78, 5) is 15.8. The van der Waals surface area contributed by atoms with Gasteiger partial charge >= 0.3 is 0 Å². The van der Waals surface area contributed by atoms with Crippen LogP contribution in [0.15, 0.2) is 0 Å². The summed E-state index contributed by atoms with van der Waals surface area (Å²) in [6.45, 7) is 6.84. The van der Waals surface area contributed by atoms with Gasteiger partial charge in [-0.15, -0.1) is 0 Å². The van der Waals surface area contributed by atoms with Gasteiger partial charge in [0.25, 0.3) is 0 Å². The lowest BCUT2D eigenvalue weighted by atomic mass is 9.90. The Labute approximate surface area is 86.1 Å². The molecule has 1 saturated carbocycles. The van der Waals surface area contributed by atoms with E-state index in [9.17, 15) is 4.79 Å². The average molecular weight is 196 g/mol. The fraction of sp³-hybridized carbons (Fsp3) is 0.909. The molecule has 1 saturated heterocycles. The van der Waals surface area contributed by atoms with E-state index in [4.69, 9.17) is 0 Å². The summed E-state index contributed by atoms with van der Waals surface area (Å²) < 4.78 is 0. The Morgan fingerprint density at radius 3 is 2.43 bits per heavy atom. The molecule has 0 unspecified atom stereocenters. The van der Waals surface area contributed by atoms with Gasteiger partial charge in [0, 0.05) is 38.6 Å². The second-order valence-corrected chi connectivity index (χ2v) is 4.64. The van der Waals surface area contributed by atoms with Crippen molar-refractivity contribution in [1.29, 1.82) is 0 Å². The monoisotopic (exact) mass is 196 g/mol. The highest BCUT2D eigenvalue weighted by Crippen LogP contribution is 2.27. The molecule has 0 radical (unpaired) electrons. The third-order valence-electron chi connectivity index (χ3n) is 3.67. The smallest absolute Gasteiger partial charge is 0.219 e. The van der Waals surface area contributed by atoms with E-state index in [1.807, 2.05) is 4.90 Å². The van der Waals surface area contributed by atoms with Crippen molar-refractivity contribution in [2.75, 3.05) is 19.6 Å². The third kappa shape index (κ3) is 1.78. The Morgan fingerprint density at radius 2 is 2.00 bits per heavy atom. The first kappa shape index (κ1) is 9.97. The minimum atomic E-state index is 0.227. The van der Waals surface area contributed by atoms with E-state index in [0.717, 1.165) is 25.7 Å². The molecule has 0 aromatic rings. The lowest BCUT2D eigenvalue weighted by molar-refractivity contribution is -0.132. The van der Waals surface area contributed by atoms with Gasteiger partial charge in [0.15, 0.2) is 0 Å². The molecule has 1 amide bonds. The highest BCUT2D eigenvalue weighted by molar-refractivity contribution is 5.73. The number of amides is 1. The molecular formula is C11H20N2O. The van der Waals surface area contributed by atoms with E-state index in [2.05, 4.69) is 11.8 Å². The summed E-state index contributed by atoms with van der Waals surface area (Å²) in [5.41, 5.74) is 0. The highest BCUT2D eigenvalue weighted by atomic mass is 16.2. The van der Waals surface area contributed by atoms with Crippen molar-refractivity contribution in [3.05, 3.63) is 0 Å². The van der Waals surface area contributed by atoms with Crippen LogP contribution in [-0.4, -0.2) is 47.4 Å². The standard InChI is InChI=1S/C11H20N2O/c1-9-8-12(10(2)14)6-7-13(9)11-4-3-5-11/h9,11H,3-8H2,1-2H3/t9-/m1/s1. The molecule has 3 nitrogen and oxygen atoms in total. The van der Waals surface area contributed by atoms with Gasteiger partial charge in [-0.3, -0.25) is 9.69 Å². The van der Waals surface area contributed by atoms with Crippen molar-refractivity contribution in [1.82, 2.24) is 9.80 Å². The van der Waals surface area contributed by atoms with Gasteiger partial charge in [0.2, 0.25) is 5.91 Å². The molecule has 1 aliphatic carbocycles. The van der Waals surface area contributed by atoms with Crippen LogP contribution in [0.1, 0.15) is 33.1 Å². The van der Waals surface area contributed by atoms with E-state index >= 15 is 0 Å². The lowest BCUT2D eigenvalue weighted by Crippen LogP contribution is -2.57. The molecule has 0 aromatic heterocycles. The van der Waals surface area contributed by atoms with Gasteiger partial charge in [-0.05, 0) is 19.8 Å². The Hall–Kier alpha value is -0.570. The molecule has 14 heavy (non-hydrogen) atoms. The van der Waals surface area contributed by atoms with E-state index < -0.39 is 0 Å². The van der Waals surface area contributed by atoms with Gasteiger partial charge in [0.05, 0.1) is 0 Å². The largest absolute Gasteiger partial charge is 0.340 e. The van der Waals surface area contributed by atoms with Gasteiger partial charge in [-0.1, -0.05) is 6.42 Å². The zero-order valence-electron chi connectivity index (χ0n) is 9.20. The van der Waals surface area contributed by atoms with Crippen LogP contribution in [0.4, 0.5) is 0 Å². The minimum Gasteiger partial charge on any atom is -0.340 e. The van der Waals surface area contributed by atoms with Gasteiger partial charge in [-0.2, -0.15) is 0 Å². The van der Waals surface area contributed by atoms with Crippen molar-refractivity contribution in [3.8, 4) is 0 Å². The van der Waals surface area contributed by atoms with Crippen LogP contribution >= 0.6 is 0 Å². The Bertz CT molecular complexity index is 225. The molecule has 0 aromatic carbocycles. The molecule has 0 bridgehead atoms. The number of carbonyl (C=O) groups is 1. The number of carbonyl (C=O) groups excluding carboxylic acids is 1. The summed E-state index contributed by atoms with van der Waals surface area (Å²) >= 11 is 0. The summed E-state index contributed by atoms with van der Waals surface area (Å²) in [6.07, 6.45) is 4.12. The SMILES string of the molecule is CC(=O)N1CCN(C2CCC2)[C@H](C)C1. The van der Waals surface area contributed by atoms with Gasteiger partial charge in [0.1, 0.15) is 0 Å². The van der Waals surface area contributed by atoms with Crippen LogP contribution in [0.2, 0.25) is 0 Å². The van der Waals surface area contributed by atoms with Crippen LogP contribution in [0.25, 0.3) is 0 Å². The normalized spacial score (nSPS) is 30.1. The molecule has 0 N–H and O–H groups in total. The number of hydrogen-bond donors (Lipinski definition) is 0. The molecular weight excluding hydrogens is 176 g/mol. The molecule has 0 spiro atoms. The average Bonchev–Trinajstić information content (AvgIpc) is 2.04. The van der Waals surface area contributed by atoms with Crippen LogP contribution < -0.4 is 0 Å². The Balaban J connectivity index is 1.89. The number of piperazine rings is 1. The molecule has 1 atom stereocenters. The van der Waals surface area contributed by atoms with Crippen molar-refractivity contribution in [3.63, 3.8) is 0 Å². The van der Waals surface area contributed by atoms with E-state index in [-0.39, 0.29) is 5.91 Å². The van der Waals surface area contributed by atoms with Gasteiger partial charge in [-0.25, -0.2) is 0 Å². The van der Waals surface area contributed by atoms with Crippen molar-refractivity contribution in [2.24, 2.45) is 0 Å². The lowest BCUT2D eigenvalue weighted by Gasteiger charge is -2.46. The maximum atomic E-state index is 11.2. The van der Waals surface area contributed by atoms with E-state index in [0.29, 0.717) is 6.04 Å². The van der Waals surface area contributed by atoms with E-state index in [1.54, 1.807) is 6.92 Å². The Morgan fingerprint density at radius 1 is 1.29 bits per heavy atom. The fourth-order valence-corrected chi connectivity index (χ4v) is 2.52. The summed E-state index contributed by atoms with van der Waals surface area (Å²) in [5, 5.41) is 0. The van der Waals surface area contributed by atoms with Gasteiger partial charge < -0.3 is 4.90 Å². The van der Waals surface area contributed by atoms with E-state index in [1.165, 1.54) is 19.3 Å². The predicted molar refractivity (Wildman–Crippen MR) is 56.1 cm³/mol. The first-order valence-electron chi connectivity index (χ1n) is 5.69. The zero-order valence-corrected chi connectivity index (χ0v) is 9.20. The van der Waals surface area contributed by atoms with Crippen LogP contribution in [-0.2, 0) is 4.79 Å². The molecule has 2 aliphatic rings. The molecule has 80 valence electrons. The minimum absolute atomic E-state index is 0.227. The summed E-state index contributed by atoms with van der Waals surface area (Å²) in [6, 6.07) is 1.37. The Kier molecular flexibility index (Phi) is 2.77. The quantitative estimate of drug-likeness (QED) is 0.627. The summed E-state index contributed by atoms with van der Waals surface area (Å²) in [5.74, 6) is 0.227. The first-order valence-corrected chi connectivity index (χ1v) is 5.69. The molecule has 1 heterocycles. The fourth-order valence-electron chi connectivity index (χ4n) is 2.52. The molecule has 2 rings (SSSR count). The van der Waals surface area contributed by atoms with Crippen molar-refractivity contribution >= 4 is 5.91 Å². The second-order valence-electron chi connectivity index (χ2n) is 4.64. The maximum Gasteiger partial charge on any atom is 0.219 e. The zero-order chi connectivity index (χ0) is 10.1. The van der Waals surface area contributed by atoms with Crippen molar-refractivity contribution < 1.29 is 4.79 Å². The third-order valence-corrected chi connectivity index (χ3v) is 3.67. The number of rotatable bonds is 1. The molecule has 1 aliphatic heterocycles. The topological polar surface area (TPSA) is 23.6 Å². The maximum absolute atomic E-state index is 11.2. The molecule has 3 heteroatoms. The number of hydrogen-bond acceptors (Lipinski definition) is 2. The van der Waals surface area contributed by atoms with Crippen molar-refractivity contribution in [2.45, 2.75) is 45.2 Å². The number of nitrogens with zero attached hydrogens (tertiary/aromatic N) is 2. The summed E-state index contributed by atoms with van der Waals surface area (Å²) in [7, 11) is 0. The second kappa shape index (κ2) is 3.89. The first-order chi connectivity index (χ1) is 6.68. The highest BCUT2D eigenvalue weighted by Gasteiger charge is 2.32. The predicted octanol–water partition coefficient (Wildman–Crippen LogP) is 1.09. The molecule has 2 fully saturated rings. The van der Waals surface area contributed by atoms with Crippen LogP contribution in [0.5, 0.6) is 0 Å². The van der Waals surface area contributed by atoms with Crippen LogP contribution in [0.3, 0.4) is 0 Å². The van der Waals surface area contributed by atoms with Crippen LogP contribution in [0, 0.1) is 0 Å².